The number of nitrogens with zero attached hydrogens (tertiary/aromatic N) is 3. The molecule has 0 aromatic carbocycles. The van der Waals surface area contributed by atoms with Crippen molar-refractivity contribution in [3.63, 3.8) is 0 Å². The van der Waals surface area contributed by atoms with E-state index in [2.05, 4.69) is 24.9 Å². The number of hydrogen-bond donors (Lipinski definition) is 1. The summed E-state index contributed by atoms with van der Waals surface area (Å²) in [6.07, 6.45) is 5.22. The maximum atomic E-state index is 11.0. The minimum absolute atomic E-state index is 0.111. The fourth-order valence-electron chi connectivity index (χ4n) is 1.83. The maximum absolute atomic E-state index is 11.0. The lowest BCUT2D eigenvalue weighted by molar-refractivity contribution is -0.138. The van der Waals surface area contributed by atoms with Crippen molar-refractivity contribution in [2.75, 3.05) is 30.9 Å². The van der Waals surface area contributed by atoms with Crippen molar-refractivity contribution in [3.05, 3.63) is 12.4 Å². The summed E-state index contributed by atoms with van der Waals surface area (Å²) in [4.78, 5) is 21.5. The lowest BCUT2D eigenvalue weighted by atomic mass is 9.92. The van der Waals surface area contributed by atoms with Gasteiger partial charge < -0.3 is 15.0 Å². The van der Waals surface area contributed by atoms with E-state index in [4.69, 9.17) is 0 Å². The van der Waals surface area contributed by atoms with Crippen molar-refractivity contribution in [3.8, 4) is 0 Å². The molecular weight excluding hydrogens is 232 g/mol. The van der Waals surface area contributed by atoms with Crippen LogP contribution in [-0.4, -0.2) is 42.7 Å². The van der Waals surface area contributed by atoms with Gasteiger partial charge in [0.25, 0.3) is 0 Å². The van der Waals surface area contributed by atoms with Crippen LogP contribution in [0.4, 0.5) is 11.6 Å². The number of nitrogens with one attached hydrogen (secondary N) is 1. The third kappa shape index (κ3) is 2.88. The van der Waals surface area contributed by atoms with Gasteiger partial charge >= 0.3 is 5.97 Å². The number of carbonyl (C=O) groups excluding carboxylic acids is 1. The Morgan fingerprint density at radius 1 is 1.56 bits per heavy atom. The molecule has 0 atom stereocenters. The van der Waals surface area contributed by atoms with Gasteiger partial charge in [-0.2, -0.15) is 0 Å². The van der Waals surface area contributed by atoms with Crippen LogP contribution in [0.1, 0.15) is 19.3 Å². The quantitative estimate of drug-likeness (QED) is 0.788. The highest BCUT2D eigenvalue weighted by atomic mass is 16.5. The molecule has 2 rings (SSSR count). The molecule has 98 valence electrons. The largest absolute Gasteiger partial charge is 0.468 e. The highest BCUT2D eigenvalue weighted by Crippen LogP contribution is 2.27. The van der Waals surface area contributed by atoms with E-state index >= 15 is 0 Å². The van der Waals surface area contributed by atoms with E-state index in [0.717, 1.165) is 5.82 Å². The number of rotatable bonds is 5. The second-order valence-corrected chi connectivity index (χ2v) is 4.39. The number of aromatic nitrogens is 2. The Morgan fingerprint density at radius 3 is 2.94 bits per heavy atom. The molecule has 1 fully saturated rings. The first kappa shape index (κ1) is 12.6. The minimum atomic E-state index is -0.317. The molecule has 1 N–H and O–H groups in total. The molecule has 0 aliphatic heterocycles. The van der Waals surface area contributed by atoms with E-state index in [1.54, 1.807) is 0 Å². The van der Waals surface area contributed by atoms with Crippen LogP contribution < -0.4 is 10.2 Å². The highest BCUT2D eigenvalue weighted by molar-refractivity contribution is 5.74. The van der Waals surface area contributed by atoms with Crippen molar-refractivity contribution in [2.45, 2.75) is 25.3 Å². The van der Waals surface area contributed by atoms with Gasteiger partial charge in [0, 0.05) is 19.2 Å². The van der Waals surface area contributed by atoms with E-state index in [1.807, 2.05) is 13.1 Å². The second kappa shape index (κ2) is 5.66. The summed E-state index contributed by atoms with van der Waals surface area (Å²) in [7, 11) is 3.40. The highest BCUT2D eigenvalue weighted by Gasteiger charge is 2.23. The Bertz CT molecular complexity index is 420. The number of ether oxygens (including phenoxy) is 1. The summed E-state index contributed by atoms with van der Waals surface area (Å²) < 4.78 is 4.56. The van der Waals surface area contributed by atoms with Gasteiger partial charge in [-0.25, -0.2) is 9.97 Å². The molecule has 0 saturated heterocycles. The topological polar surface area (TPSA) is 67.3 Å². The number of carbonyl (C=O) groups is 1. The molecule has 0 radical (unpaired) electrons. The zero-order valence-corrected chi connectivity index (χ0v) is 10.7. The average Bonchev–Trinajstić information content (AvgIpc) is 2.34. The number of methoxy groups -OCH3 is 1. The van der Waals surface area contributed by atoms with Crippen molar-refractivity contribution < 1.29 is 9.53 Å². The lowest BCUT2D eigenvalue weighted by Gasteiger charge is -2.35. The number of hydrogen-bond acceptors (Lipinski definition) is 6. The van der Waals surface area contributed by atoms with Gasteiger partial charge in [-0.15, -0.1) is 0 Å². The number of anilines is 2. The number of esters is 1. The molecule has 0 bridgehead atoms. The summed E-state index contributed by atoms with van der Waals surface area (Å²) in [6, 6.07) is 2.43. The summed E-state index contributed by atoms with van der Waals surface area (Å²) in [6.45, 7) is 0.111. The van der Waals surface area contributed by atoms with Crippen LogP contribution in [-0.2, 0) is 9.53 Å². The van der Waals surface area contributed by atoms with Gasteiger partial charge in [0.05, 0.1) is 7.11 Å². The van der Waals surface area contributed by atoms with Crippen molar-refractivity contribution in [1.82, 2.24) is 9.97 Å². The van der Waals surface area contributed by atoms with Crippen LogP contribution in [0, 0.1) is 0 Å². The molecular formula is C12H18N4O2. The lowest BCUT2D eigenvalue weighted by Crippen LogP contribution is -2.37. The normalized spacial score (nSPS) is 14.8. The van der Waals surface area contributed by atoms with E-state index in [1.165, 1.54) is 32.7 Å². The minimum Gasteiger partial charge on any atom is -0.468 e. The molecule has 0 spiro atoms. The maximum Gasteiger partial charge on any atom is 0.325 e. The molecule has 1 heterocycles. The summed E-state index contributed by atoms with van der Waals surface area (Å²) in [5.74, 6) is 1.20. The van der Waals surface area contributed by atoms with E-state index in [-0.39, 0.29) is 12.5 Å². The Labute approximate surface area is 106 Å². The third-order valence-corrected chi connectivity index (χ3v) is 3.28. The molecule has 0 unspecified atom stereocenters. The van der Waals surface area contributed by atoms with Gasteiger partial charge in [0.15, 0.2) is 0 Å². The molecule has 6 nitrogen and oxygen atoms in total. The Hall–Kier alpha value is -1.85. The summed E-state index contributed by atoms with van der Waals surface area (Å²) in [5, 5.41) is 2.91. The zero-order chi connectivity index (χ0) is 13.0. The van der Waals surface area contributed by atoms with Gasteiger partial charge in [0.2, 0.25) is 0 Å². The average molecular weight is 250 g/mol. The first-order valence-electron chi connectivity index (χ1n) is 6.06. The van der Waals surface area contributed by atoms with Crippen molar-refractivity contribution in [2.24, 2.45) is 0 Å². The van der Waals surface area contributed by atoms with Crippen LogP contribution in [0.15, 0.2) is 12.4 Å². The first-order valence-corrected chi connectivity index (χ1v) is 6.06. The predicted molar refractivity (Wildman–Crippen MR) is 68.6 cm³/mol. The molecule has 1 saturated carbocycles. The molecule has 1 aromatic heterocycles. The predicted octanol–water partition coefficient (Wildman–Crippen LogP) is 1.05. The zero-order valence-electron chi connectivity index (χ0n) is 10.7. The second-order valence-electron chi connectivity index (χ2n) is 4.39. The SMILES string of the molecule is COC(=O)CNc1cc(N(C)C2CCC2)ncn1. The van der Waals surface area contributed by atoms with E-state index in [9.17, 15) is 4.79 Å². The van der Waals surface area contributed by atoms with Crippen LogP contribution in [0.3, 0.4) is 0 Å². The van der Waals surface area contributed by atoms with Gasteiger partial charge in [-0.05, 0) is 19.3 Å². The van der Waals surface area contributed by atoms with Crippen LogP contribution in [0.25, 0.3) is 0 Å². The van der Waals surface area contributed by atoms with Crippen molar-refractivity contribution in [1.29, 1.82) is 0 Å². The monoisotopic (exact) mass is 250 g/mol. The molecule has 18 heavy (non-hydrogen) atoms. The Morgan fingerprint density at radius 2 is 2.33 bits per heavy atom. The molecule has 1 aliphatic carbocycles. The fourth-order valence-corrected chi connectivity index (χ4v) is 1.83. The summed E-state index contributed by atoms with van der Waals surface area (Å²) >= 11 is 0. The smallest absolute Gasteiger partial charge is 0.325 e. The van der Waals surface area contributed by atoms with Crippen molar-refractivity contribution >= 4 is 17.6 Å². The molecule has 0 amide bonds. The van der Waals surface area contributed by atoms with Gasteiger partial charge in [0.1, 0.15) is 24.5 Å². The molecule has 6 heteroatoms. The van der Waals surface area contributed by atoms with Crippen LogP contribution in [0.2, 0.25) is 0 Å². The molecule has 1 aliphatic rings. The van der Waals surface area contributed by atoms with Gasteiger partial charge in [-0.1, -0.05) is 0 Å². The first-order chi connectivity index (χ1) is 8.70. The standard InChI is InChI=1S/C12H18N4O2/c1-16(9-4-3-5-9)11-6-10(14-8-15-11)13-7-12(17)18-2/h6,8-9H,3-5,7H2,1-2H3,(H,13,14,15). The van der Waals surface area contributed by atoms with E-state index < -0.39 is 0 Å². The van der Waals surface area contributed by atoms with E-state index in [0.29, 0.717) is 11.9 Å². The van der Waals surface area contributed by atoms with Crippen LogP contribution in [0.5, 0.6) is 0 Å². The Balaban J connectivity index is 1.98. The summed E-state index contributed by atoms with van der Waals surface area (Å²) in [5.41, 5.74) is 0. The third-order valence-electron chi connectivity index (χ3n) is 3.28. The fraction of sp³-hybridized carbons (Fsp3) is 0.583. The van der Waals surface area contributed by atoms with Crippen LogP contribution >= 0.6 is 0 Å². The Kier molecular flexibility index (Phi) is 3.96. The van der Waals surface area contributed by atoms with Gasteiger partial charge in [-0.3, -0.25) is 4.79 Å². The molecule has 1 aromatic rings.